The maximum absolute atomic E-state index is 12.5. The molecule has 0 radical (unpaired) electrons. The lowest BCUT2D eigenvalue weighted by Crippen LogP contribution is -2.53. The van der Waals surface area contributed by atoms with Crippen LogP contribution in [0.4, 0.5) is 5.69 Å². The highest BCUT2D eigenvalue weighted by Gasteiger charge is 2.28. The van der Waals surface area contributed by atoms with Crippen LogP contribution in [0.25, 0.3) is 10.9 Å². The van der Waals surface area contributed by atoms with E-state index in [1.807, 2.05) is 30.5 Å². The van der Waals surface area contributed by atoms with Crippen molar-refractivity contribution in [2.24, 2.45) is 11.7 Å². The zero-order chi connectivity index (χ0) is 20.1. The number of nitrogens with two attached hydrogens (primary N) is 1. The van der Waals surface area contributed by atoms with E-state index in [1.165, 1.54) is 0 Å². The molecule has 1 aliphatic heterocycles. The zero-order valence-electron chi connectivity index (χ0n) is 16.4. The minimum absolute atomic E-state index is 0.0546. The predicted molar refractivity (Wildman–Crippen MR) is 115 cm³/mol. The highest BCUT2D eigenvalue weighted by atomic mass is 32.2. The number of rotatable bonds is 6. The minimum Gasteiger partial charge on any atom is -0.369 e. The van der Waals surface area contributed by atoms with Crippen LogP contribution in [0.5, 0.6) is 0 Å². The van der Waals surface area contributed by atoms with E-state index in [4.69, 9.17) is 5.73 Å². The third-order valence-corrected chi connectivity index (χ3v) is 5.83. The Kier molecular flexibility index (Phi) is 6.76. The van der Waals surface area contributed by atoms with Crippen molar-refractivity contribution in [3.05, 3.63) is 36.0 Å². The number of carbonyl (C=O) groups is 1. The SMILES string of the molecule is CSCCC(N)C(=O)N[C@@H]1C[C@H](C)CN(c2ccc(C#N)c3ncccc23)C1. The molecular formula is C21H27N5OS. The molecule has 1 aromatic carbocycles. The molecule has 2 heterocycles. The highest BCUT2D eigenvalue weighted by molar-refractivity contribution is 7.98. The zero-order valence-corrected chi connectivity index (χ0v) is 17.2. The first-order chi connectivity index (χ1) is 13.5. The number of pyridine rings is 1. The molecule has 1 saturated heterocycles. The van der Waals surface area contributed by atoms with Gasteiger partial charge in [0.15, 0.2) is 0 Å². The third-order valence-electron chi connectivity index (χ3n) is 5.18. The van der Waals surface area contributed by atoms with Crippen molar-refractivity contribution in [3.63, 3.8) is 0 Å². The second-order valence-corrected chi connectivity index (χ2v) is 8.47. The summed E-state index contributed by atoms with van der Waals surface area (Å²) in [7, 11) is 0. The van der Waals surface area contributed by atoms with Crippen molar-refractivity contribution in [1.82, 2.24) is 10.3 Å². The van der Waals surface area contributed by atoms with Crippen LogP contribution in [0, 0.1) is 17.2 Å². The Bertz CT molecular complexity index is 881. The lowest BCUT2D eigenvalue weighted by atomic mass is 9.94. The number of benzene rings is 1. The molecule has 28 heavy (non-hydrogen) atoms. The minimum atomic E-state index is -0.460. The number of thioether (sulfide) groups is 1. The molecule has 1 aromatic heterocycles. The molecule has 6 nitrogen and oxygen atoms in total. The van der Waals surface area contributed by atoms with Gasteiger partial charge in [0.05, 0.1) is 17.1 Å². The lowest BCUT2D eigenvalue weighted by molar-refractivity contribution is -0.123. The average molecular weight is 398 g/mol. The summed E-state index contributed by atoms with van der Waals surface area (Å²) in [5.41, 5.74) is 8.38. The van der Waals surface area contributed by atoms with Crippen molar-refractivity contribution in [1.29, 1.82) is 5.26 Å². The Morgan fingerprint density at radius 1 is 1.46 bits per heavy atom. The fraction of sp³-hybridized carbons (Fsp3) is 0.476. The van der Waals surface area contributed by atoms with Gasteiger partial charge in [0, 0.05) is 36.4 Å². The van der Waals surface area contributed by atoms with Gasteiger partial charge in [-0.2, -0.15) is 17.0 Å². The molecule has 1 unspecified atom stereocenters. The van der Waals surface area contributed by atoms with Crippen molar-refractivity contribution in [2.75, 3.05) is 30.0 Å². The molecule has 0 aliphatic carbocycles. The van der Waals surface area contributed by atoms with Crippen molar-refractivity contribution in [2.45, 2.75) is 31.8 Å². The summed E-state index contributed by atoms with van der Waals surface area (Å²) in [4.78, 5) is 19.2. The van der Waals surface area contributed by atoms with Gasteiger partial charge in [-0.25, -0.2) is 0 Å². The van der Waals surface area contributed by atoms with Crippen LogP contribution >= 0.6 is 11.8 Å². The van der Waals surface area contributed by atoms with Gasteiger partial charge in [-0.1, -0.05) is 6.92 Å². The highest BCUT2D eigenvalue weighted by Crippen LogP contribution is 2.31. The van der Waals surface area contributed by atoms with Gasteiger partial charge in [-0.05, 0) is 55.0 Å². The van der Waals surface area contributed by atoms with Gasteiger partial charge in [0.25, 0.3) is 0 Å². The molecule has 0 saturated carbocycles. The van der Waals surface area contributed by atoms with Crippen molar-refractivity contribution < 1.29 is 4.79 Å². The number of nitrogens with one attached hydrogen (secondary N) is 1. The van der Waals surface area contributed by atoms with Crippen LogP contribution in [0.15, 0.2) is 30.5 Å². The maximum Gasteiger partial charge on any atom is 0.237 e. The van der Waals surface area contributed by atoms with Gasteiger partial charge in [-0.15, -0.1) is 0 Å². The number of nitriles is 1. The molecule has 3 N–H and O–H groups in total. The standard InChI is InChI=1S/C21H27N5OS/c1-14-10-16(25-21(27)18(23)7-9-28-2)13-26(12-14)19-6-5-15(11-22)20-17(19)4-3-8-24-20/h3-6,8,14,16,18H,7,9-10,12-13,23H2,1-2H3,(H,25,27)/t14-,16+,18?/m0/s1. The number of aromatic nitrogens is 1. The molecule has 1 aliphatic rings. The first-order valence-corrected chi connectivity index (χ1v) is 11.0. The first-order valence-electron chi connectivity index (χ1n) is 9.61. The largest absolute Gasteiger partial charge is 0.369 e. The van der Waals surface area contributed by atoms with Crippen LogP contribution in [0.2, 0.25) is 0 Å². The third kappa shape index (κ3) is 4.57. The summed E-state index contributed by atoms with van der Waals surface area (Å²) in [6.07, 6.45) is 5.35. The second kappa shape index (κ2) is 9.26. The van der Waals surface area contributed by atoms with E-state index in [2.05, 4.69) is 28.2 Å². The van der Waals surface area contributed by atoms with E-state index in [-0.39, 0.29) is 11.9 Å². The molecule has 1 amide bonds. The summed E-state index contributed by atoms with van der Waals surface area (Å²) >= 11 is 1.70. The Labute approximate surface area is 170 Å². The maximum atomic E-state index is 12.5. The molecule has 7 heteroatoms. The van der Waals surface area contributed by atoms with Gasteiger partial charge in [0.1, 0.15) is 6.07 Å². The Balaban J connectivity index is 1.79. The number of amides is 1. The quantitative estimate of drug-likeness (QED) is 0.778. The number of fused-ring (bicyclic) bond motifs is 1. The summed E-state index contributed by atoms with van der Waals surface area (Å²) in [6, 6.07) is 9.53. The lowest BCUT2D eigenvalue weighted by Gasteiger charge is -2.39. The monoisotopic (exact) mass is 397 g/mol. The van der Waals surface area contributed by atoms with E-state index < -0.39 is 6.04 Å². The van der Waals surface area contributed by atoms with Crippen molar-refractivity contribution >= 4 is 34.3 Å². The van der Waals surface area contributed by atoms with E-state index in [0.29, 0.717) is 17.9 Å². The van der Waals surface area contributed by atoms with E-state index >= 15 is 0 Å². The Morgan fingerprint density at radius 3 is 3.04 bits per heavy atom. The van der Waals surface area contributed by atoms with Gasteiger partial charge in [-0.3, -0.25) is 9.78 Å². The Morgan fingerprint density at radius 2 is 2.29 bits per heavy atom. The second-order valence-electron chi connectivity index (χ2n) is 7.48. The molecule has 2 aromatic rings. The first kappa shape index (κ1) is 20.4. The van der Waals surface area contributed by atoms with Crippen LogP contribution in [-0.4, -0.2) is 48.1 Å². The van der Waals surface area contributed by atoms with Gasteiger partial charge < -0.3 is 16.0 Å². The fourth-order valence-corrected chi connectivity index (χ4v) is 4.35. The number of hydrogen-bond donors (Lipinski definition) is 2. The summed E-state index contributed by atoms with van der Waals surface area (Å²) < 4.78 is 0. The number of carbonyl (C=O) groups excluding carboxylic acids is 1. The molecule has 148 valence electrons. The normalized spacial score (nSPS) is 20.6. The smallest absolute Gasteiger partial charge is 0.237 e. The van der Waals surface area contributed by atoms with Crippen LogP contribution in [0.3, 0.4) is 0 Å². The fourth-order valence-electron chi connectivity index (χ4n) is 3.86. The van der Waals surface area contributed by atoms with E-state index in [0.717, 1.165) is 41.9 Å². The summed E-state index contributed by atoms with van der Waals surface area (Å²) in [5.74, 6) is 1.25. The van der Waals surface area contributed by atoms with Crippen LogP contribution < -0.4 is 16.0 Å². The molecule has 3 rings (SSSR count). The summed E-state index contributed by atoms with van der Waals surface area (Å²) in [6.45, 7) is 3.82. The number of piperidine rings is 1. The molecule has 1 fully saturated rings. The average Bonchev–Trinajstić information content (AvgIpc) is 2.70. The number of nitrogens with zero attached hydrogens (tertiary/aromatic N) is 3. The van der Waals surface area contributed by atoms with Gasteiger partial charge >= 0.3 is 0 Å². The molecule has 0 bridgehead atoms. The Hall–Kier alpha value is -2.30. The topological polar surface area (TPSA) is 95.0 Å². The van der Waals surface area contributed by atoms with E-state index in [9.17, 15) is 10.1 Å². The van der Waals surface area contributed by atoms with Crippen LogP contribution in [0.1, 0.15) is 25.3 Å². The molecule has 0 spiro atoms. The van der Waals surface area contributed by atoms with Gasteiger partial charge in [0.2, 0.25) is 5.91 Å². The molecule has 3 atom stereocenters. The predicted octanol–water partition coefficient (Wildman–Crippen LogP) is 2.52. The summed E-state index contributed by atoms with van der Waals surface area (Å²) in [5, 5.41) is 13.5. The van der Waals surface area contributed by atoms with Crippen molar-refractivity contribution in [3.8, 4) is 6.07 Å². The number of anilines is 1. The molecular weight excluding hydrogens is 370 g/mol. The van der Waals surface area contributed by atoms with Crippen LogP contribution in [-0.2, 0) is 4.79 Å². The van der Waals surface area contributed by atoms with E-state index in [1.54, 1.807) is 18.0 Å². The number of hydrogen-bond acceptors (Lipinski definition) is 6.